The van der Waals surface area contributed by atoms with Crippen molar-refractivity contribution in [3.63, 3.8) is 0 Å². The van der Waals surface area contributed by atoms with Gasteiger partial charge in [-0.25, -0.2) is 9.59 Å². The monoisotopic (exact) mass is 234 g/mol. The minimum absolute atomic E-state index is 0.0463. The maximum Gasteiger partial charge on any atom is 0.319 e. The number of nitrogens with zero attached hydrogens (tertiary/aromatic N) is 1. The van der Waals surface area contributed by atoms with Crippen LogP contribution in [-0.4, -0.2) is 67.2 Å². The number of hydrogen-bond donors (Lipinski definition) is 5. The predicted octanol–water partition coefficient (Wildman–Crippen LogP) is -2.13. The van der Waals surface area contributed by atoms with E-state index in [1.807, 2.05) is 0 Å². The fourth-order valence-corrected chi connectivity index (χ4v) is 1.06. The Balaban J connectivity index is 0.000000251. The smallest absolute Gasteiger partial charge is 0.319 e. The van der Waals surface area contributed by atoms with Crippen LogP contribution in [0.1, 0.15) is 0 Å². The Morgan fingerprint density at radius 2 is 1.69 bits per heavy atom. The summed E-state index contributed by atoms with van der Waals surface area (Å²) in [6.07, 6.45) is 0. The van der Waals surface area contributed by atoms with Gasteiger partial charge in [-0.2, -0.15) is 0 Å². The van der Waals surface area contributed by atoms with Crippen LogP contribution in [-0.2, 0) is 0 Å². The van der Waals surface area contributed by atoms with E-state index in [1.54, 1.807) is 0 Å². The molecule has 0 spiro atoms. The van der Waals surface area contributed by atoms with Crippen LogP contribution in [0.4, 0.5) is 9.59 Å². The summed E-state index contributed by atoms with van der Waals surface area (Å²) in [5, 5.41) is 23.1. The van der Waals surface area contributed by atoms with Crippen molar-refractivity contribution in [1.29, 1.82) is 0 Å². The molecule has 0 aromatic carbocycles. The molecule has 94 valence electrons. The van der Waals surface area contributed by atoms with Gasteiger partial charge in [-0.1, -0.05) is 0 Å². The van der Waals surface area contributed by atoms with E-state index in [-0.39, 0.29) is 18.8 Å². The fourth-order valence-electron chi connectivity index (χ4n) is 1.06. The third-order valence-electron chi connectivity index (χ3n) is 1.81. The van der Waals surface area contributed by atoms with Gasteiger partial charge in [0.1, 0.15) is 6.73 Å². The molecule has 2 heterocycles. The van der Waals surface area contributed by atoms with Gasteiger partial charge in [0.2, 0.25) is 0 Å². The van der Waals surface area contributed by atoms with E-state index < -0.39 is 0 Å². The molecular weight excluding hydrogens is 216 g/mol. The Morgan fingerprint density at radius 1 is 1.12 bits per heavy atom. The highest BCUT2D eigenvalue weighted by molar-refractivity contribution is 5.76. The molecule has 0 bridgehead atoms. The number of aliphatic hydroxyl groups excluding tert-OH is 2. The highest BCUT2D eigenvalue weighted by Gasteiger charge is 2.16. The first-order valence-corrected chi connectivity index (χ1v) is 4.84. The molecule has 16 heavy (non-hydrogen) atoms. The molecule has 0 aromatic rings. The Labute approximate surface area is 93.6 Å². The number of carbonyl (C=O) groups excluding carboxylic acids is 2. The Morgan fingerprint density at radius 3 is 1.88 bits per heavy atom. The van der Waals surface area contributed by atoms with Crippen molar-refractivity contribution in [3.8, 4) is 0 Å². The maximum absolute atomic E-state index is 10.5. The van der Waals surface area contributed by atoms with E-state index >= 15 is 0 Å². The molecule has 2 fully saturated rings. The molecule has 0 unspecified atom stereocenters. The van der Waals surface area contributed by atoms with Gasteiger partial charge in [-0.05, 0) is 0 Å². The number of rotatable bonds is 1. The average molecular weight is 234 g/mol. The third-order valence-corrected chi connectivity index (χ3v) is 1.81. The predicted molar refractivity (Wildman–Crippen MR) is 56.7 cm³/mol. The quantitative estimate of drug-likeness (QED) is 0.356. The van der Waals surface area contributed by atoms with Crippen LogP contribution >= 0.6 is 0 Å². The summed E-state index contributed by atoms with van der Waals surface area (Å²) in [4.78, 5) is 21.8. The standard InChI is InChI=1S/C4H8N2O2.C3H6N2O.CH4O/c7-3-6-2-1-5-4(6)8;6-3-4-1-2-5-3;1-2/h7H,1-3H2,(H,5,8);1-2H2,(H2,4,5,6);2H,1H3. The lowest BCUT2D eigenvalue weighted by atomic mass is 10.6. The number of aliphatic hydroxyl groups is 2. The second-order valence-corrected chi connectivity index (χ2v) is 2.82. The van der Waals surface area contributed by atoms with Crippen LogP contribution < -0.4 is 16.0 Å². The van der Waals surface area contributed by atoms with Gasteiger partial charge in [0, 0.05) is 33.3 Å². The lowest BCUT2D eigenvalue weighted by molar-refractivity contribution is 0.142. The molecule has 2 aliphatic heterocycles. The Bertz CT molecular complexity index is 216. The van der Waals surface area contributed by atoms with Gasteiger partial charge < -0.3 is 26.2 Å². The molecule has 4 amide bonds. The second kappa shape index (κ2) is 8.74. The number of urea groups is 2. The number of nitrogens with one attached hydrogen (secondary N) is 3. The Kier molecular flexibility index (Phi) is 7.90. The van der Waals surface area contributed by atoms with E-state index in [0.29, 0.717) is 13.1 Å². The van der Waals surface area contributed by atoms with Crippen LogP contribution in [0, 0.1) is 0 Å². The van der Waals surface area contributed by atoms with Gasteiger partial charge in [-0.15, -0.1) is 0 Å². The molecule has 2 aliphatic rings. The molecule has 0 aliphatic carbocycles. The van der Waals surface area contributed by atoms with E-state index in [4.69, 9.17) is 10.2 Å². The summed E-state index contributed by atoms with van der Waals surface area (Å²) in [6.45, 7) is 2.65. The number of hydrogen-bond acceptors (Lipinski definition) is 4. The summed E-state index contributed by atoms with van der Waals surface area (Å²) in [5.41, 5.74) is 0. The van der Waals surface area contributed by atoms with Crippen molar-refractivity contribution in [2.75, 3.05) is 40.0 Å². The first-order valence-electron chi connectivity index (χ1n) is 4.84. The first kappa shape index (κ1) is 14.5. The van der Waals surface area contributed by atoms with Crippen molar-refractivity contribution in [2.24, 2.45) is 0 Å². The molecule has 0 aromatic heterocycles. The van der Waals surface area contributed by atoms with Crippen molar-refractivity contribution >= 4 is 12.1 Å². The SMILES string of the molecule is CO.O=C1NCCN1.O=C1NCCN1CO. The maximum atomic E-state index is 10.5. The minimum Gasteiger partial charge on any atom is -0.400 e. The summed E-state index contributed by atoms with van der Waals surface area (Å²) < 4.78 is 0. The van der Waals surface area contributed by atoms with Crippen LogP contribution in [0.2, 0.25) is 0 Å². The summed E-state index contributed by atoms with van der Waals surface area (Å²) in [5.74, 6) is 0. The van der Waals surface area contributed by atoms with Crippen molar-refractivity contribution in [3.05, 3.63) is 0 Å². The van der Waals surface area contributed by atoms with E-state index in [1.165, 1.54) is 4.90 Å². The zero-order valence-electron chi connectivity index (χ0n) is 9.19. The Hall–Kier alpha value is -1.54. The van der Waals surface area contributed by atoms with Gasteiger partial charge in [0.25, 0.3) is 0 Å². The zero-order valence-corrected chi connectivity index (χ0v) is 9.19. The van der Waals surface area contributed by atoms with Gasteiger partial charge in [0.15, 0.2) is 0 Å². The molecule has 0 saturated carbocycles. The summed E-state index contributed by atoms with van der Waals surface area (Å²) >= 11 is 0. The molecular formula is C8H18N4O4. The highest BCUT2D eigenvalue weighted by atomic mass is 16.3. The largest absolute Gasteiger partial charge is 0.400 e. The molecule has 0 atom stereocenters. The van der Waals surface area contributed by atoms with E-state index in [2.05, 4.69) is 16.0 Å². The summed E-state index contributed by atoms with van der Waals surface area (Å²) in [6, 6.07) is -0.220. The van der Waals surface area contributed by atoms with Crippen LogP contribution in [0.3, 0.4) is 0 Å². The second-order valence-electron chi connectivity index (χ2n) is 2.82. The van der Waals surface area contributed by atoms with Gasteiger partial charge >= 0.3 is 12.1 Å². The topological polar surface area (TPSA) is 114 Å². The van der Waals surface area contributed by atoms with Crippen molar-refractivity contribution in [1.82, 2.24) is 20.9 Å². The van der Waals surface area contributed by atoms with E-state index in [9.17, 15) is 9.59 Å². The number of carbonyl (C=O) groups is 2. The highest BCUT2D eigenvalue weighted by Crippen LogP contribution is 1.91. The molecule has 5 N–H and O–H groups in total. The van der Waals surface area contributed by atoms with Crippen LogP contribution in [0.25, 0.3) is 0 Å². The molecule has 8 heteroatoms. The van der Waals surface area contributed by atoms with Gasteiger partial charge in [-0.3, -0.25) is 4.90 Å². The normalized spacial score (nSPS) is 17.3. The lowest BCUT2D eigenvalue weighted by Gasteiger charge is -2.06. The van der Waals surface area contributed by atoms with Crippen molar-refractivity contribution < 1.29 is 19.8 Å². The van der Waals surface area contributed by atoms with Gasteiger partial charge in [0.05, 0.1) is 0 Å². The fraction of sp³-hybridized carbons (Fsp3) is 0.750. The molecule has 2 saturated heterocycles. The van der Waals surface area contributed by atoms with Crippen LogP contribution in [0.15, 0.2) is 0 Å². The molecule has 0 radical (unpaired) electrons. The molecule has 8 nitrogen and oxygen atoms in total. The summed E-state index contributed by atoms with van der Waals surface area (Å²) in [7, 11) is 1.00. The minimum atomic E-state index is -0.175. The van der Waals surface area contributed by atoms with Crippen molar-refractivity contribution in [2.45, 2.75) is 0 Å². The third kappa shape index (κ3) is 5.37. The van der Waals surface area contributed by atoms with E-state index in [0.717, 1.165) is 20.2 Å². The van der Waals surface area contributed by atoms with Crippen LogP contribution in [0.5, 0.6) is 0 Å². The first-order chi connectivity index (χ1) is 7.74. The zero-order chi connectivity index (χ0) is 12.4. The lowest BCUT2D eigenvalue weighted by Crippen LogP contribution is -2.28. The average Bonchev–Trinajstić information content (AvgIpc) is 2.93. The number of amides is 4. The molecule has 2 rings (SSSR count).